The molecule has 1 aliphatic heterocycles. The minimum atomic E-state index is -4.18. The molecule has 1 aliphatic carbocycles. The quantitative estimate of drug-likeness (QED) is 0.286. The van der Waals surface area contributed by atoms with Gasteiger partial charge in [0.1, 0.15) is 24.1 Å². The van der Waals surface area contributed by atoms with Crippen molar-refractivity contribution in [3.63, 3.8) is 0 Å². The first-order valence-electron chi connectivity index (χ1n) is 12.2. The van der Waals surface area contributed by atoms with E-state index in [4.69, 9.17) is 18.5 Å². The van der Waals surface area contributed by atoms with Crippen LogP contribution in [0.25, 0.3) is 0 Å². The smallest absolute Gasteiger partial charge is 0.459 e. The van der Waals surface area contributed by atoms with Crippen molar-refractivity contribution in [1.82, 2.24) is 14.6 Å². The van der Waals surface area contributed by atoms with Gasteiger partial charge in [0.25, 0.3) is 5.56 Å². The number of aromatic nitrogens is 2. The normalized spacial score (nSPS) is 24.5. The highest BCUT2D eigenvalue weighted by Crippen LogP contribution is 2.62. The third-order valence-corrected chi connectivity index (χ3v) is 7.97. The van der Waals surface area contributed by atoms with E-state index < -0.39 is 54.9 Å². The summed E-state index contributed by atoms with van der Waals surface area (Å²) in [6, 6.07) is 8.54. The van der Waals surface area contributed by atoms with Crippen LogP contribution in [0, 0.1) is 5.41 Å². The largest absolute Gasteiger partial charge is 0.462 e. The number of hydrogen-bond donors (Lipinski definition) is 3. The van der Waals surface area contributed by atoms with E-state index in [1.165, 1.54) is 16.8 Å². The summed E-state index contributed by atoms with van der Waals surface area (Å²) in [7, 11) is -4.18. The van der Waals surface area contributed by atoms with Crippen LogP contribution in [-0.2, 0) is 23.4 Å². The number of para-hydroxylation sites is 1. The van der Waals surface area contributed by atoms with Crippen molar-refractivity contribution in [3.8, 4) is 5.75 Å². The molecule has 2 heterocycles. The van der Waals surface area contributed by atoms with Crippen LogP contribution in [0.1, 0.15) is 46.3 Å². The Balaban J connectivity index is 1.53. The molecule has 37 heavy (non-hydrogen) atoms. The minimum absolute atomic E-state index is 0.245. The van der Waals surface area contributed by atoms with E-state index in [-0.39, 0.29) is 24.9 Å². The zero-order valence-corrected chi connectivity index (χ0v) is 21.8. The average molecular weight is 538 g/mol. The van der Waals surface area contributed by atoms with Crippen LogP contribution >= 0.6 is 7.75 Å². The molecule has 1 aromatic carbocycles. The molecule has 1 aromatic heterocycles. The second kappa shape index (κ2) is 10.9. The Morgan fingerprint density at radius 3 is 2.57 bits per heavy atom. The molecule has 0 bridgehead atoms. The summed E-state index contributed by atoms with van der Waals surface area (Å²) < 4.78 is 37.7. The van der Waals surface area contributed by atoms with Crippen LogP contribution in [0.3, 0.4) is 0 Å². The van der Waals surface area contributed by atoms with E-state index in [1.807, 2.05) is 0 Å². The number of rotatable bonds is 11. The van der Waals surface area contributed by atoms with Gasteiger partial charge < -0.3 is 19.1 Å². The van der Waals surface area contributed by atoms with Gasteiger partial charge >= 0.3 is 19.4 Å². The molecule has 5 atom stereocenters. The van der Waals surface area contributed by atoms with Crippen LogP contribution in [0.2, 0.25) is 0 Å². The molecule has 12 nitrogen and oxygen atoms in total. The van der Waals surface area contributed by atoms with E-state index in [0.717, 1.165) is 0 Å². The van der Waals surface area contributed by atoms with Crippen LogP contribution in [-0.4, -0.2) is 51.6 Å². The molecular weight excluding hydrogens is 505 g/mol. The lowest BCUT2D eigenvalue weighted by Gasteiger charge is -2.26. The van der Waals surface area contributed by atoms with E-state index >= 15 is 0 Å². The first-order chi connectivity index (χ1) is 17.6. The van der Waals surface area contributed by atoms with Gasteiger partial charge in [0.2, 0.25) is 0 Å². The molecule has 2 aromatic rings. The fraction of sp³-hybridized carbons (Fsp3) is 0.542. The molecule has 0 radical (unpaired) electrons. The molecular formula is C24H32N3O9P. The number of nitrogens with one attached hydrogen (secondary N) is 2. The number of nitrogens with zero attached hydrogens (tertiary/aromatic N) is 1. The van der Waals surface area contributed by atoms with E-state index in [1.54, 1.807) is 51.1 Å². The molecule has 2 fully saturated rings. The highest BCUT2D eigenvalue weighted by atomic mass is 31.2. The number of carbonyl (C=O) groups is 1. The van der Waals surface area contributed by atoms with Gasteiger partial charge in [-0.25, -0.2) is 9.36 Å². The third kappa shape index (κ3) is 6.05. The van der Waals surface area contributed by atoms with Gasteiger partial charge in [-0.3, -0.25) is 23.7 Å². The molecule has 0 amide bonds. The van der Waals surface area contributed by atoms with Crippen LogP contribution < -0.4 is 20.9 Å². The van der Waals surface area contributed by atoms with E-state index in [9.17, 15) is 24.1 Å². The lowest BCUT2D eigenvalue weighted by atomic mass is 9.96. The second-order valence-electron chi connectivity index (χ2n) is 9.50. The highest BCUT2D eigenvalue weighted by molar-refractivity contribution is 7.52. The topological polar surface area (TPSA) is 158 Å². The van der Waals surface area contributed by atoms with Crippen molar-refractivity contribution < 1.29 is 33.0 Å². The standard InChI is InChI=1S/C24H32N3O9P/c1-4-17(21(30)34-15(2)3)26-37(32,36-16-8-6-5-7-9-16)33-14-18-20(29)24(11-12-24)22(35-18)27-13-10-19(28)25-23(27)31/h5-10,13,15,17-18,20,22,29H,4,11-12,14H2,1-3H3,(H,26,32)(H,25,28,31)/t17-,18+,20+,22+,37?/m0/s1. The van der Waals surface area contributed by atoms with Crippen molar-refractivity contribution in [3.05, 3.63) is 63.4 Å². The predicted octanol–water partition coefficient (Wildman–Crippen LogP) is 2.10. The van der Waals surface area contributed by atoms with E-state index in [0.29, 0.717) is 12.8 Å². The Kier molecular flexibility index (Phi) is 8.05. The van der Waals surface area contributed by atoms with Gasteiger partial charge in [0, 0.05) is 17.7 Å². The van der Waals surface area contributed by atoms with Gasteiger partial charge in [-0.15, -0.1) is 0 Å². The monoisotopic (exact) mass is 537 g/mol. The second-order valence-corrected chi connectivity index (χ2v) is 11.2. The number of aliphatic hydroxyl groups is 1. The number of carbonyl (C=O) groups excluding carboxylic acids is 1. The Labute approximate surface area is 213 Å². The maximum absolute atomic E-state index is 13.8. The zero-order valence-electron chi connectivity index (χ0n) is 20.9. The minimum Gasteiger partial charge on any atom is -0.462 e. The van der Waals surface area contributed by atoms with Crippen molar-refractivity contribution in [2.75, 3.05) is 6.61 Å². The third-order valence-electron chi connectivity index (χ3n) is 6.40. The molecule has 13 heteroatoms. The van der Waals surface area contributed by atoms with Crippen molar-refractivity contribution in [2.24, 2.45) is 5.41 Å². The molecule has 2 aliphatic rings. The molecule has 1 spiro atoms. The maximum atomic E-state index is 13.8. The Bertz CT molecular complexity index is 1260. The van der Waals surface area contributed by atoms with Crippen molar-refractivity contribution in [1.29, 1.82) is 0 Å². The lowest BCUT2D eigenvalue weighted by molar-refractivity contribution is -0.149. The van der Waals surface area contributed by atoms with E-state index in [2.05, 4.69) is 10.1 Å². The van der Waals surface area contributed by atoms with Gasteiger partial charge in [-0.05, 0) is 45.2 Å². The van der Waals surface area contributed by atoms with Gasteiger partial charge in [0.15, 0.2) is 0 Å². The fourth-order valence-electron chi connectivity index (χ4n) is 4.36. The molecule has 1 saturated heterocycles. The first-order valence-corrected chi connectivity index (χ1v) is 13.7. The predicted molar refractivity (Wildman–Crippen MR) is 132 cm³/mol. The fourth-order valence-corrected chi connectivity index (χ4v) is 5.95. The molecule has 202 valence electrons. The van der Waals surface area contributed by atoms with Gasteiger partial charge in [0.05, 0.1) is 18.8 Å². The highest BCUT2D eigenvalue weighted by Gasteiger charge is 2.64. The van der Waals surface area contributed by atoms with Gasteiger partial charge in [-0.2, -0.15) is 5.09 Å². The van der Waals surface area contributed by atoms with Crippen molar-refractivity contribution in [2.45, 2.75) is 70.6 Å². The first kappa shape index (κ1) is 27.3. The number of H-pyrrole nitrogens is 1. The number of esters is 1. The Hall–Kier alpha value is -2.76. The Morgan fingerprint density at radius 2 is 1.97 bits per heavy atom. The summed E-state index contributed by atoms with van der Waals surface area (Å²) >= 11 is 0. The lowest BCUT2D eigenvalue weighted by Crippen LogP contribution is -2.39. The number of ether oxygens (including phenoxy) is 2. The molecule has 3 N–H and O–H groups in total. The summed E-state index contributed by atoms with van der Waals surface area (Å²) in [5.74, 6) is -0.362. The number of aliphatic hydroxyl groups excluding tert-OH is 1. The summed E-state index contributed by atoms with van der Waals surface area (Å²) in [5, 5.41) is 13.7. The number of hydrogen-bond acceptors (Lipinski definition) is 9. The van der Waals surface area contributed by atoms with Crippen LogP contribution in [0.5, 0.6) is 5.75 Å². The summed E-state index contributed by atoms with van der Waals surface area (Å²) in [5.41, 5.74) is -1.94. The molecule has 4 rings (SSSR count). The summed E-state index contributed by atoms with van der Waals surface area (Å²) in [4.78, 5) is 38.6. The maximum Gasteiger partial charge on any atom is 0.459 e. The molecule has 1 unspecified atom stereocenters. The van der Waals surface area contributed by atoms with Crippen LogP contribution in [0.4, 0.5) is 0 Å². The number of aromatic amines is 1. The Morgan fingerprint density at radius 1 is 1.27 bits per heavy atom. The SMILES string of the molecule is CC[C@H](NP(=O)(OC[C@H]1O[C@@H](n2ccc(=O)[nH]c2=O)C2(CC2)[C@@H]1O)Oc1ccccc1)C(=O)OC(C)C. The van der Waals surface area contributed by atoms with Crippen LogP contribution in [0.15, 0.2) is 52.2 Å². The average Bonchev–Trinajstić information content (AvgIpc) is 3.60. The molecule has 1 saturated carbocycles. The van der Waals surface area contributed by atoms with Crippen molar-refractivity contribution >= 4 is 13.7 Å². The summed E-state index contributed by atoms with van der Waals surface area (Å²) in [6.07, 6.45) is -0.445. The van der Waals surface area contributed by atoms with Gasteiger partial charge in [-0.1, -0.05) is 25.1 Å². The zero-order chi connectivity index (χ0) is 26.8. The number of benzene rings is 1. The summed E-state index contributed by atoms with van der Waals surface area (Å²) in [6.45, 7) is 4.78.